The molecule has 1 aromatic heterocycles. The zero-order valence-electron chi connectivity index (χ0n) is 19.8. The van der Waals surface area contributed by atoms with Crippen molar-refractivity contribution in [3.05, 3.63) is 86.6 Å². The Hall–Kier alpha value is -4.42. The number of nitro groups is 1. The van der Waals surface area contributed by atoms with Gasteiger partial charge in [-0.2, -0.15) is 18.3 Å². The summed E-state index contributed by atoms with van der Waals surface area (Å²) in [5.74, 6) is -1.47. The third-order valence-corrected chi connectivity index (χ3v) is 6.00. The van der Waals surface area contributed by atoms with E-state index in [1.165, 1.54) is 43.5 Å². The Morgan fingerprint density at radius 2 is 1.78 bits per heavy atom. The van der Waals surface area contributed by atoms with Gasteiger partial charge in [0.2, 0.25) is 0 Å². The van der Waals surface area contributed by atoms with E-state index in [0.29, 0.717) is 23.2 Å². The second-order valence-electron chi connectivity index (χ2n) is 8.42. The van der Waals surface area contributed by atoms with E-state index >= 15 is 0 Å². The molecular formula is C24H22F3N5O5. The third kappa shape index (κ3) is 5.25. The largest absolute Gasteiger partial charge is 0.465 e. The van der Waals surface area contributed by atoms with Crippen molar-refractivity contribution in [2.45, 2.75) is 32.2 Å². The summed E-state index contributed by atoms with van der Waals surface area (Å²) in [5, 5.41) is 17.2. The van der Waals surface area contributed by atoms with E-state index in [1.54, 1.807) is 24.0 Å². The lowest BCUT2D eigenvalue weighted by Gasteiger charge is -2.21. The molecule has 0 aliphatic carbocycles. The Morgan fingerprint density at radius 1 is 1.14 bits per heavy atom. The van der Waals surface area contributed by atoms with Crippen LogP contribution in [0.15, 0.2) is 48.5 Å². The van der Waals surface area contributed by atoms with E-state index in [4.69, 9.17) is 0 Å². The zero-order chi connectivity index (χ0) is 26.9. The number of methoxy groups -OCH3 is 1. The minimum atomic E-state index is -4.87. The van der Waals surface area contributed by atoms with Gasteiger partial charge in [-0.25, -0.2) is 9.48 Å². The molecule has 0 spiro atoms. The number of nitrogens with zero attached hydrogens (tertiary/aromatic N) is 4. The van der Waals surface area contributed by atoms with E-state index in [0.717, 1.165) is 4.68 Å². The van der Waals surface area contributed by atoms with Crippen molar-refractivity contribution < 1.29 is 32.4 Å². The topological polar surface area (TPSA) is 120 Å². The van der Waals surface area contributed by atoms with E-state index in [2.05, 4.69) is 15.2 Å². The van der Waals surface area contributed by atoms with Crippen LogP contribution in [0.2, 0.25) is 0 Å². The first-order valence-corrected chi connectivity index (χ1v) is 11.1. The van der Waals surface area contributed by atoms with Crippen molar-refractivity contribution in [1.29, 1.82) is 0 Å². The number of carbonyl (C=O) groups is 2. The number of nitrogens with one attached hydrogen (secondary N) is 1. The molecule has 0 saturated heterocycles. The van der Waals surface area contributed by atoms with Crippen molar-refractivity contribution in [2.24, 2.45) is 0 Å². The number of esters is 1. The molecule has 0 radical (unpaired) electrons. The summed E-state index contributed by atoms with van der Waals surface area (Å²) >= 11 is 0. The number of aromatic nitrogens is 2. The van der Waals surface area contributed by atoms with E-state index < -0.39 is 40.3 Å². The predicted octanol–water partition coefficient (Wildman–Crippen LogP) is 4.11. The number of hydrogen-bond acceptors (Lipinski definition) is 7. The summed E-state index contributed by atoms with van der Waals surface area (Å²) in [5.41, 5.74) is -0.504. The standard InChI is InChI=1S/C24H22F3N5O5/c1-14(16-5-7-17(8-6-16)23(34)37-2)28-21(33)19-20(24(25,26)27)29-31-12-11-30(22(19)31)13-15-3-9-18(10-4-15)32(35)36/h3-10,14H,11-13H2,1-2H3,(H,28,33). The van der Waals surface area contributed by atoms with Gasteiger partial charge in [0.05, 0.1) is 30.2 Å². The van der Waals surface area contributed by atoms with Gasteiger partial charge in [-0.3, -0.25) is 14.9 Å². The van der Waals surface area contributed by atoms with Crippen LogP contribution in [0.1, 0.15) is 50.5 Å². The second-order valence-corrected chi connectivity index (χ2v) is 8.42. The number of non-ortho nitro benzene ring substituents is 1. The lowest BCUT2D eigenvalue weighted by Crippen LogP contribution is -2.31. The normalized spacial score (nSPS) is 13.7. The number of alkyl halides is 3. The highest BCUT2D eigenvalue weighted by atomic mass is 19.4. The number of anilines is 1. The number of rotatable bonds is 7. The molecule has 0 fully saturated rings. The highest BCUT2D eigenvalue weighted by Gasteiger charge is 2.44. The number of halogens is 3. The molecule has 37 heavy (non-hydrogen) atoms. The summed E-state index contributed by atoms with van der Waals surface area (Å²) in [6.07, 6.45) is -4.87. The monoisotopic (exact) mass is 517 g/mol. The Labute approximate surface area is 208 Å². The number of carbonyl (C=O) groups excluding carboxylic acids is 2. The summed E-state index contributed by atoms with van der Waals surface area (Å²) in [4.78, 5) is 36.8. The minimum absolute atomic E-state index is 0.0245. The third-order valence-electron chi connectivity index (χ3n) is 6.00. The molecule has 4 rings (SSSR count). The molecule has 2 heterocycles. The fraction of sp³-hybridized carbons (Fsp3) is 0.292. The molecule has 13 heteroatoms. The maximum absolute atomic E-state index is 13.9. The quantitative estimate of drug-likeness (QED) is 0.285. The lowest BCUT2D eigenvalue weighted by atomic mass is 10.1. The van der Waals surface area contributed by atoms with Crippen molar-refractivity contribution in [2.75, 3.05) is 18.6 Å². The molecule has 1 amide bonds. The van der Waals surface area contributed by atoms with Crippen molar-refractivity contribution in [3.8, 4) is 0 Å². The molecule has 1 aliphatic rings. The van der Waals surface area contributed by atoms with Crippen LogP contribution in [0.25, 0.3) is 0 Å². The smallest absolute Gasteiger partial charge is 0.436 e. The zero-order valence-corrected chi connectivity index (χ0v) is 19.8. The molecule has 10 nitrogen and oxygen atoms in total. The molecule has 1 aliphatic heterocycles. The summed E-state index contributed by atoms with van der Waals surface area (Å²) in [6, 6.07) is 11.1. The molecule has 0 saturated carbocycles. The lowest BCUT2D eigenvalue weighted by molar-refractivity contribution is -0.384. The highest BCUT2D eigenvalue weighted by Crippen LogP contribution is 2.38. The first kappa shape index (κ1) is 25.7. The van der Waals surface area contributed by atoms with Gasteiger partial charge in [-0.1, -0.05) is 24.3 Å². The number of ether oxygens (including phenoxy) is 1. The van der Waals surface area contributed by atoms with Crippen molar-refractivity contribution in [1.82, 2.24) is 15.1 Å². The van der Waals surface area contributed by atoms with Crippen LogP contribution >= 0.6 is 0 Å². The van der Waals surface area contributed by atoms with Crippen LogP contribution in [0.4, 0.5) is 24.7 Å². The van der Waals surface area contributed by atoms with Gasteiger partial charge in [0, 0.05) is 25.2 Å². The van der Waals surface area contributed by atoms with Crippen molar-refractivity contribution >= 4 is 23.4 Å². The molecule has 1 N–H and O–H groups in total. The number of amides is 1. The van der Waals surface area contributed by atoms with Crippen LogP contribution in [0.5, 0.6) is 0 Å². The van der Waals surface area contributed by atoms with Gasteiger partial charge < -0.3 is 15.0 Å². The molecular weight excluding hydrogens is 495 g/mol. The molecule has 3 aromatic rings. The summed E-state index contributed by atoms with van der Waals surface area (Å²) in [6.45, 7) is 2.19. The number of hydrogen-bond donors (Lipinski definition) is 1. The van der Waals surface area contributed by atoms with Gasteiger partial charge in [0.15, 0.2) is 5.69 Å². The molecule has 1 atom stereocenters. The van der Waals surface area contributed by atoms with Crippen LogP contribution < -0.4 is 10.2 Å². The first-order chi connectivity index (χ1) is 17.5. The Balaban J connectivity index is 1.61. The molecule has 2 aromatic carbocycles. The minimum Gasteiger partial charge on any atom is -0.465 e. The second kappa shape index (κ2) is 9.91. The van der Waals surface area contributed by atoms with Gasteiger partial charge in [-0.05, 0) is 30.2 Å². The van der Waals surface area contributed by atoms with Crippen LogP contribution in [-0.2, 0) is 24.0 Å². The van der Waals surface area contributed by atoms with Crippen LogP contribution in [0.3, 0.4) is 0 Å². The van der Waals surface area contributed by atoms with Gasteiger partial charge in [-0.15, -0.1) is 0 Å². The SMILES string of the molecule is COC(=O)c1ccc(C(C)NC(=O)c2c(C(F)(F)F)nn3c2N(Cc2ccc([N+](=O)[O-])cc2)CC3)cc1. The van der Waals surface area contributed by atoms with Crippen LogP contribution in [-0.4, -0.2) is 40.2 Å². The summed E-state index contributed by atoms with van der Waals surface area (Å²) in [7, 11) is 1.24. The fourth-order valence-electron chi connectivity index (χ4n) is 4.13. The highest BCUT2D eigenvalue weighted by molar-refractivity contribution is 6.01. The number of fused-ring (bicyclic) bond motifs is 1. The average molecular weight is 517 g/mol. The fourth-order valence-corrected chi connectivity index (χ4v) is 4.13. The maximum Gasteiger partial charge on any atom is 0.436 e. The van der Waals surface area contributed by atoms with Crippen molar-refractivity contribution in [3.63, 3.8) is 0 Å². The average Bonchev–Trinajstić information content (AvgIpc) is 3.44. The number of nitro benzene ring substituents is 1. The Kier molecular flexibility index (Phi) is 6.88. The van der Waals surface area contributed by atoms with E-state index in [-0.39, 0.29) is 24.6 Å². The molecule has 0 bridgehead atoms. The Morgan fingerprint density at radius 3 is 2.35 bits per heavy atom. The van der Waals surface area contributed by atoms with E-state index in [1.807, 2.05) is 0 Å². The predicted molar refractivity (Wildman–Crippen MR) is 125 cm³/mol. The summed E-state index contributed by atoms with van der Waals surface area (Å²) < 4.78 is 47.4. The molecule has 194 valence electrons. The van der Waals surface area contributed by atoms with Crippen LogP contribution in [0, 0.1) is 10.1 Å². The first-order valence-electron chi connectivity index (χ1n) is 11.1. The Bertz CT molecular complexity index is 1340. The van der Waals surface area contributed by atoms with Gasteiger partial charge >= 0.3 is 12.1 Å². The van der Waals surface area contributed by atoms with Gasteiger partial charge in [0.25, 0.3) is 11.6 Å². The molecule has 1 unspecified atom stereocenters. The maximum atomic E-state index is 13.9. The van der Waals surface area contributed by atoms with E-state index in [9.17, 15) is 32.9 Å². The van der Waals surface area contributed by atoms with Gasteiger partial charge in [0.1, 0.15) is 11.4 Å². The number of benzene rings is 2.